The second kappa shape index (κ2) is 5.99. The number of sulfonamides is 1. The topological polar surface area (TPSA) is 59.1 Å². The molecule has 1 N–H and O–H groups in total. The number of para-hydroxylation sites is 1. The largest absolute Gasteiger partial charge is 0.279 e. The van der Waals surface area contributed by atoms with Gasteiger partial charge < -0.3 is 0 Å². The van der Waals surface area contributed by atoms with E-state index in [2.05, 4.69) is 9.71 Å². The number of nitrogens with zero attached hydrogens (tertiary/aromatic N) is 1. The number of rotatable bonds is 4. The number of hydrogen-bond acceptors (Lipinski definition) is 3. The molecule has 3 aromatic rings. The van der Waals surface area contributed by atoms with E-state index < -0.39 is 10.0 Å². The van der Waals surface area contributed by atoms with E-state index >= 15 is 0 Å². The first-order chi connectivity index (χ1) is 10.7. The van der Waals surface area contributed by atoms with Crippen molar-refractivity contribution in [1.82, 2.24) is 4.98 Å². The molecule has 0 aliphatic carbocycles. The van der Waals surface area contributed by atoms with Crippen LogP contribution in [0, 0.1) is 0 Å². The summed E-state index contributed by atoms with van der Waals surface area (Å²) in [4.78, 5) is 4.51. The fraction of sp³-hybridized carbons (Fsp3) is 0. The monoisotopic (exact) mass is 310 g/mol. The number of pyridine rings is 1. The Hall–Kier alpha value is -2.66. The van der Waals surface area contributed by atoms with Crippen molar-refractivity contribution in [2.24, 2.45) is 0 Å². The minimum Gasteiger partial charge on any atom is -0.279 e. The fourth-order valence-corrected chi connectivity index (χ4v) is 3.22. The molecule has 0 saturated heterocycles. The Morgan fingerprint density at radius 2 is 1.45 bits per heavy atom. The zero-order chi connectivity index (χ0) is 15.4. The Morgan fingerprint density at radius 1 is 0.773 bits per heavy atom. The molecule has 22 heavy (non-hydrogen) atoms. The average Bonchev–Trinajstić information content (AvgIpc) is 2.57. The molecule has 4 nitrogen and oxygen atoms in total. The lowest BCUT2D eigenvalue weighted by molar-refractivity contribution is 0.601. The Kier molecular flexibility index (Phi) is 3.89. The van der Waals surface area contributed by atoms with Crippen molar-refractivity contribution < 1.29 is 8.42 Å². The molecule has 0 saturated carbocycles. The smallest absolute Gasteiger partial charge is 0.261 e. The van der Waals surface area contributed by atoms with E-state index in [-0.39, 0.29) is 4.90 Å². The van der Waals surface area contributed by atoms with Gasteiger partial charge in [-0.25, -0.2) is 8.42 Å². The van der Waals surface area contributed by atoms with Gasteiger partial charge in [0.1, 0.15) is 0 Å². The SMILES string of the molecule is O=S(=O)(Nc1ccccc1-c1ccccn1)c1ccccc1. The van der Waals surface area contributed by atoms with Gasteiger partial charge in [-0.2, -0.15) is 0 Å². The summed E-state index contributed by atoms with van der Waals surface area (Å²) in [6.45, 7) is 0. The van der Waals surface area contributed by atoms with Crippen molar-refractivity contribution in [2.45, 2.75) is 4.90 Å². The summed E-state index contributed by atoms with van der Waals surface area (Å²) >= 11 is 0. The zero-order valence-corrected chi connectivity index (χ0v) is 12.5. The summed E-state index contributed by atoms with van der Waals surface area (Å²) in [7, 11) is -3.62. The van der Waals surface area contributed by atoms with E-state index in [4.69, 9.17) is 0 Å². The lowest BCUT2D eigenvalue weighted by Gasteiger charge is -2.12. The second-order valence-corrected chi connectivity index (χ2v) is 6.36. The molecule has 0 spiro atoms. The minimum atomic E-state index is -3.62. The molecular formula is C17H14N2O2S. The molecular weight excluding hydrogens is 296 g/mol. The Labute approximate surface area is 129 Å². The van der Waals surface area contributed by atoms with Gasteiger partial charge in [-0.1, -0.05) is 42.5 Å². The van der Waals surface area contributed by atoms with Gasteiger partial charge in [-0.3, -0.25) is 9.71 Å². The van der Waals surface area contributed by atoms with E-state index in [1.165, 1.54) is 0 Å². The number of hydrogen-bond donors (Lipinski definition) is 1. The molecule has 0 bridgehead atoms. The summed E-state index contributed by atoms with van der Waals surface area (Å²) in [6.07, 6.45) is 1.68. The molecule has 5 heteroatoms. The van der Waals surface area contributed by atoms with Gasteiger partial charge in [0, 0.05) is 11.8 Å². The van der Waals surface area contributed by atoms with Crippen LogP contribution in [0.3, 0.4) is 0 Å². The normalized spacial score (nSPS) is 11.1. The maximum atomic E-state index is 12.5. The van der Waals surface area contributed by atoms with Gasteiger partial charge in [-0.15, -0.1) is 0 Å². The molecule has 0 amide bonds. The summed E-state index contributed by atoms with van der Waals surface area (Å²) in [5.41, 5.74) is 1.96. The predicted molar refractivity (Wildman–Crippen MR) is 86.9 cm³/mol. The highest BCUT2D eigenvalue weighted by molar-refractivity contribution is 7.92. The van der Waals surface area contributed by atoms with Crippen molar-refractivity contribution >= 4 is 15.7 Å². The first-order valence-electron chi connectivity index (χ1n) is 6.75. The molecule has 3 rings (SSSR count). The van der Waals surface area contributed by atoms with Crippen LogP contribution in [0.1, 0.15) is 0 Å². The summed E-state index contributed by atoms with van der Waals surface area (Å²) in [6, 6.07) is 21.0. The van der Waals surface area contributed by atoms with Gasteiger partial charge >= 0.3 is 0 Å². The molecule has 2 aromatic carbocycles. The zero-order valence-electron chi connectivity index (χ0n) is 11.7. The third kappa shape index (κ3) is 2.99. The molecule has 0 aliphatic rings. The van der Waals surface area contributed by atoms with Gasteiger partial charge in [0.15, 0.2) is 0 Å². The van der Waals surface area contributed by atoms with Gasteiger partial charge in [0.05, 0.1) is 16.3 Å². The van der Waals surface area contributed by atoms with E-state index in [0.717, 1.165) is 5.56 Å². The maximum Gasteiger partial charge on any atom is 0.261 e. The highest BCUT2D eigenvalue weighted by atomic mass is 32.2. The van der Waals surface area contributed by atoms with Crippen LogP contribution in [0.25, 0.3) is 11.3 Å². The molecule has 110 valence electrons. The standard InChI is InChI=1S/C17H14N2O2S/c20-22(21,14-8-2-1-3-9-14)19-17-12-5-4-10-15(17)16-11-6-7-13-18-16/h1-13,19H. The third-order valence-electron chi connectivity index (χ3n) is 3.17. The van der Waals surface area contributed by atoms with Crippen molar-refractivity contribution in [3.63, 3.8) is 0 Å². The predicted octanol–water partition coefficient (Wildman–Crippen LogP) is 3.55. The van der Waals surface area contributed by atoms with Crippen molar-refractivity contribution in [3.05, 3.63) is 79.0 Å². The van der Waals surface area contributed by atoms with Gasteiger partial charge in [0.25, 0.3) is 10.0 Å². The van der Waals surface area contributed by atoms with Crippen molar-refractivity contribution in [1.29, 1.82) is 0 Å². The summed E-state index contributed by atoms with van der Waals surface area (Å²) in [5, 5.41) is 0. The molecule has 1 heterocycles. The number of nitrogens with one attached hydrogen (secondary N) is 1. The van der Waals surface area contributed by atoms with E-state index in [0.29, 0.717) is 11.4 Å². The summed E-state index contributed by atoms with van der Waals surface area (Å²) in [5.74, 6) is 0. The molecule has 0 radical (unpaired) electrons. The van der Waals surface area contributed by atoms with E-state index in [1.54, 1.807) is 48.7 Å². The highest BCUT2D eigenvalue weighted by Gasteiger charge is 2.16. The maximum absolute atomic E-state index is 12.5. The van der Waals surface area contributed by atoms with Crippen LogP contribution in [0.5, 0.6) is 0 Å². The highest BCUT2D eigenvalue weighted by Crippen LogP contribution is 2.27. The van der Waals surface area contributed by atoms with Crippen LogP contribution in [-0.4, -0.2) is 13.4 Å². The van der Waals surface area contributed by atoms with Crippen LogP contribution < -0.4 is 4.72 Å². The molecule has 0 aliphatic heterocycles. The van der Waals surface area contributed by atoms with Crippen LogP contribution in [0.4, 0.5) is 5.69 Å². The number of benzene rings is 2. The third-order valence-corrected chi connectivity index (χ3v) is 4.55. The molecule has 0 fully saturated rings. The lowest BCUT2D eigenvalue weighted by Crippen LogP contribution is -2.13. The Morgan fingerprint density at radius 3 is 2.18 bits per heavy atom. The number of aromatic nitrogens is 1. The first kappa shape index (κ1) is 14.3. The van der Waals surface area contributed by atoms with Crippen LogP contribution in [-0.2, 0) is 10.0 Å². The minimum absolute atomic E-state index is 0.228. The second-order valence-electron chi connectivity index (χ2n) is 4.68. The van der Waals surface area contributed by atoms with Crippen LogP contribution in [0.15, 0.2) is 83.9 Å². The molecule has 0 unspecified atom stereocenters. The Bertz CT molecular complexity index is 863. The van der Waals surface area contributed by atoms with E-state index in [1.807, 2.05) is 30.3 Å². The van der Waals surface area contributed by atoms with Gasteiger partial charge in [0.2, 0.25) is 0 Å². The molecule has 0 atom stereocenters. The fourth-order valence-electron chi connectivity index (χ4n) is 2.12. The van der Waals surface area contributed by atoms with Crippen LogP contribution >= 0.6 is 0 Å². The van der Waals surface area contributed by atoms with Crippen molar-refractivity contribution in [2.75, 3.05) is 4.72 Å². The summed E-state index contributed by atoms with van der Waals surface area (Å²) < 4.78 is 27.5. The van der Waals surface area contributed by atoms with Crippen LogP contribution in [0.2, 0.25) is 0 Å². The Balaban J connectivity index is 2.01. The van der Waals surface area contributed by atoms with E-state index in [9.17, 15) is 8.42 Å². The average molecular weight is 310 g/mol. The van der Waals surface area contributed by atoms with Crippen molar-refractivity contribution in [3.8, 4) is 11.3 Å². The quantitative estimate of drug-likeness (QED) is 0.801. The molecule has 1 aromatic heterocycles. The lowest BCUT2D eigenvalue weighted by atomic mass is 10.1. The first-order valence-corrected chi connectivity index (χ1v) is 8.23. The van der Waals surface area contributed by atoms with Gasteiger partial charge in [-0.05, 0) is 30.3 Å². The number of anilines is 1.